The van der Waals surface area contributed by atoms with Crippen LogP contribution in [0.4, 0.5) is 0 Å². The van der Waals surface area contributed by atoms with Gasteiger partial charge in [0.05, 0.1) is 6.20 Å². The van der Waals surface area contributed by atoms with Crippen LogP contribution in [0.15, 0.2) is 18.5 Å². The van der Waals surface area contributed by atoms with Gasteiger partial charge < -0.3 is 5.32 Å². The first kappa shape index (κ1) is 9.96. The number of hydrogen-bond acceptors (Lipinski definition) is 2. The quantitative estimate of drug-likeness (QED) is 0.744. The maximum absolute atomic E-state index is 11.3. The third-order valence-corrected chi connectivity index (χ3v) is 2.41. The molecule has 80 valence electrons. The van der Waals surface area contributed by atoms with Crippen LogP contribution >= 0.6 is 0 Å². The second kappa shape index (κ2) is 4.29. The number of aryl methyl sites for hydroxylation is 1. The van der Waals surface area contributed by atoms with Crippen LogP contribution in [-0.4, -0.2) is 22.2 Å². The van der Waals surface area contributed by atoms with Gasteiger partial charge in [-0.25, -0.2) is 0 Å². The average Bonchev–Trinajstić information content (AvgIpc) is 2.95. The van der Waals surface area contributed by atoms with E-state index in [0.717, 1.165) is 18.0 Å². The summed E-state index contributed by atoms with van der Waals surface area (Å²) in [6, 6.07) is 0. The summed E-state index contributed by atoms with van der Waals surface area (Å²) in [4.78, 5) is 11.3. The summed E-state index contributed by atoms with van der Waals surface area (Å²) in [5, 5.41) is 6.88. The van der Waals surface area contributed by atoms with Gasteiger partial charge in [0.25, 0.3) is 0 Å². The molecule has 1 aliphatic rings. The molecule has 15 heavy (non-hydrogen) atoms. The van der Waals surface area contributed by atoms with Crippen molar-refractivity contribution in [3.63, 3.8) is 0 Å². The topological polar surface area (TPSA) is 46.9 Å². The molecule has 0 radical (unpaired) electrons. The van der Waals surface area contributed by atoms with E-state index in [-0.39, 0.29) is 5.91 Å². The van der Waals surface area contributed by atoms with Crippen LogP contribution in [0, 0.1) is 5.92 Å². The molecule has 4 nitrogen and oxygen atoms in total. The Kier molecular flexibility index (Phi) is 2.85. The second-order valence-electron chi connectivity index (χ2n) is 3.97. The van der Waals surface area contributed by atoms with E-state index in [2.05, 4.69) is 10.4 Å². The molecule has 4 heteroatoms. The van der Waals surface area contributed by atoms with Gasteiger partial charge in [-0.1, -0.05) is 0 Å². The molecule has 1 aliphatic carbocycles. The molecule has 0 aliphatic heterocycles. The highest BCUT2D eigenvalue weighted by atomic mass is 16.1. The maximum Gasteiger partial charge on any atom is 0.244 e. The maximum atomic E-state index is 11.3. The zero-order valence-electron chi connectivity index (χ0n) is 8.81. The minimum atomic E-state index is -0.0225. The summed E-state index contributed by atoms with van der Waals surface area (Å²) >= 11 is 0. The summed E-state index contributed by atoms with van der Waals surface area (Å²) in [7, 11) is 1.85. The smallest absolute Gasteiger partial charge is 0.244 e. The van der Waals surface area contributed by atoms with Gasteiger partial charge in [-0.3, -0.25) is 9.48 Å². The van der Waals surface area contributed by atoms with Crippen LogP contribution in [-0.2, 0) is 11.8 Å². The fourth-order valence-electron chi connectivity index (χ4n) is 1.32. The lowest BCUT2D eigenvalue weighted by atomic mass is 10.3. The van der Waals surface area contributed by atoms with Gasteiger partial charge in [0.2, 0.25) is 5.91 Å². The fourth-order valence-corrected chi connectivity index (χ4v) is 1.32. The Hall–Kier alpha value is -1.58. The van der Waals surface area contributed by atoms with Crippen LogP contribution in [0.5, 0.6) is 0 Å². The van der Waals surface area contributed by atoms with Gasteiger partial charge in [-0.05, 0) is 24.8 Å². The Balaban J connectivity index is 1.79. The monoisotopic (exact) mass is 205 g/mol. The van der Waals surface area contributed by atoms with Gasteiger partial charge >= 0.3 is 0 Å². The Labute approximate surface area is 89.0 Å². The molecule has 0 bridgehead atoms. The summed E-state index contributed by atoms with van der Waals surface area (Å²) in [6.45, 7) is 0.816. The number of carbonyl (C=O) groups excluding carboxylic acids is 1. The van der Waals surface area contributed by atoms with Crippen molar-refractivity contribution in [1.29, 1.82) is 0 Å². The van der Waals surface area contributed by atoms with Crippen LogP contribution in [0.2, 0.25) is 0 Å². The highest BCUT2D eigenvalue weighted by Crippen LogP contribution is 2.27. The van der Waals surface area contributed by atoms with Crippen molar-refractivity contribution >= 4 is 12.0 Å². The third-order valence-electron chi connectivity index (χ3n) is 2.41. The SMILES string of the molecule is Cn1cc(C=CC(=O)NCC2CC2)cn1. The molecule has 0 unspecified atom stereocenters. The minimum Gasteiger partial charge on any atom is -0.352 e. The first-order valence-corrected chi connectivity index (χ1v) is 5.18. The van der Waals surface area contributed by atoms with Crippen molar-refractivity contribution in [2.24, 2.45) is 13.0 Å². The normalized spacial score (nSPS) is 15.8. The molecule has 0 spiro atoms. The Bertz CT molecular complexity index is 377. The highest BCUT2D eigenvalue weighted by molar-refractivity contribution is 5.91. The van der Waals surface area contributed by atoms with Gasteiger partial charge in [0, 0.05) is 31.4 Å². The number of rotatable bonds is 4. The number of nitrogens with one attached hydrogen (secondary N) is 1. The first-order valence-electron chi connectivity index (χ1n) is 5.18. The Morgan fingerprint density at radius 2 is 2.53 bits per heavy atom. The highest BCUT2D eigenvalue weighted by Gasteiger charge is 2.20. The van der Waals surface area contributed by atoms with Gasteiger partial charge in [-0.15, -0.1) is 0 Å². The van der Waals surface area contributed by atoms with Gasteiger partial charge in [0.15, 0.2) is 0 Å². The van der Waals surface area contributed by atoms with Crippen LogP contribution in [0.3, 0.4) is 0 Å². The zero-order valence-corrected chi connectivity index (χ0v) is 8.81. The van der Waals surface area contributed by atoms with Crippen molar-refractivity contribution in [3.8, 4) is 0 Å². The second-order valence-corrected chi connectivity index (χ2v) is 3.97. The van der Waals surface area contributed by atoms with Crippen molar-refractivity contribution in [2.75, 3.05) is 6.54 Å². The largest absolute Gasteiger partial charge is 0.352 e. The molecule has 1 amide bonds. The van der Waals surface area contributed by atoms with E-state index in [4.69, 9.17) is 0 Å². The molecule has 0 aromatic carbocycles. The predicted octanol–water partition coefficient (Wildman–Crippen LogP) is 0.960. The van der Waals surface area contributed by atoms with Crippen LogP contribution < -0.4 is 5.32 Å². The Morgan fingerprint density at radius 3 is 3.13 bits per heavy atom. The van der Waals surface area contributed by atoms with E-state index in [9.17, 15) is 4.79 Å². The van der Waals surface area contributed by atoms with E-state index in [0.29, 0.717) is 0 Å². The number of nitrogens with zero attached hydrogens (tertiary/aromatic N) is 2. The zero-order chi connectivity index (χ0) is 10.7. The minimum absolute atomic E-state index is 0.0225. The number of aromatic nitrogens is 2. The lowest BCUT2D eigenvalue weighted by Crippen LogP contribution is -2.23. The van der Waals surface area contributed by atoms with Crippen molar-refractivity contribution in [2.45, 2.75) is 12.8 Å². The molecule has 1 saturated carbocycles. The lowest BCUT2D eigenvalue weighted by Gasteiger charge is -1.97. The molecule has 2 rings (SSSR count). The van der Waals surface area contributed by atoms with Gasteiger partial charge in [0.1, 0.15) is 0 Å². The molecule has 1 N–H and O–H groups in total. The molecule has 1 heterocycles. The number of hydrogen-bond donors (Lipinski definition) is 1. The van der Waals surface area contributed by atoms with Crippen molar-refractivity contribution < 1.29 is 4.79 Å². The lowest BCUT2D eigenvalue weighted by molar-refractivity contribution is -0.116. The molecule has 1 aromatic rings. The molecule has 0 saturated heterocycles. The average molecular weight is 205 g/mol. The first-order chi connectivity index (χ1) is 7.24. The molecule has 0 atom stereocenters. The third kappa shape index (κ3) is 3.23. The number of amides is 1. The molecular weight excluding hydrogens is 190 g/mol. The summed E-state index contributed by atoms with van der Waals surface area (Å²) in [6.07, 6.45) is 9.43. The van der Waals surface area contributed by atoms with E-state index in [1.165, 1.54) is 12.8 Å². The van der Waals surface area contributed by atoms with E-state index in [1.807, 2.05) is 13.2 Å². The summed E-state index contributed by atoms with van der Waals surface area (Å²) in [5.41, 5.74) is 0.944. The fraction of sp³-hybridized carbons (Fsp3) is 0.455. The predicted molar refractivity (Wildman–Crippen MR) is 58.0 cm³/mol. The summed E-state index contributed by atoms with van der Waals surface area (Å²) < 4.78 is 1.71. The van der Waals surface area contributed by atoms with E-state index < -0.39 is 0 Å². The molecule has 1 aromatic heterocycles. The number of carbonyl (C=O) groups is 1. The molecule has 1 fully saturated rings. The molecular formula is C11H15N3O. The van der Waals surface area contributed by atoms with Crippen molar-refractivity contribution in [3.05, 3.63) is 24.0 Å². The van der Waals surface area contributed by atoms with E-state index >= 15 is 0 Å². The van der Waals surface area contributed by atoms with Crippen LogP contribution in [0.1, 0.15) is 18.4 Å². The van der Waals surface area contributed by atoms with Gasteiger partial charge in [-0.2, -0.15) is 5.10 Å². The van der Waals surface area contributed by atoms with Crippen molar-refractivity contribution in [1.82, 2.24) is 15.1 Å². The summed E-state index contributed by atoms with van der Waals surface area (Å²) in [5.74, 6) is 0.700. The van der Waals surface area contributed by atoms with Crippen LogP contribution in [0.25, 0.3) is 6.08 Å². The van der Waals surface area contributed by atoms with E-state index in [1.54, 1.807) is 23.0 Å². The standard InChI is InChI=1S/C11H15N3O/c1-14-8-10(7-13-14)4-5-11(15)12-6-9-2-3-9/h4-5,7-9H,2-3,6H2,1H3,(H,12,15). The Morgan fingerprint density at radius 1 is 1.73 bits per heavy atom.